The predicted octanol–water partition coefficient (Wildman–Crippen LogP) is 3.84. The molecule has 1 aliphatic rings. The van der Waals surface area contributed by atoms with Gasteiger partial charge in [0.2, 0.25) is 0 Å². The Morgan fingerprint density at radius 3 is 3.00 bits per heavy atom. The van der Waals surface area contributed by atoms with Gasteiger partial charge in [-0.05, 0) is 57.4 Å². The lowest BCUT2D eigenvalue weighted by Gasteiger charge is -2.21. The maximum Gasteiger partial charge on any atom is 0.180 e. The van der Waals surface area contributed by atoms with Crippen molar-refractivity contribution in [3.8, 4) is 5.75 Å². The number of ether oxygens (including phenoxy) is 2. The van der Waals surface area contributed by atoms with Crippen LogP contribution < -0.4 is 4.74 Å². The second-order valence-corrected chi connectivity index (χ2v) is 5.92. The molecule has 0 saturated carbocycles. The summed E-state index contributed by atoms with van der Waals surface area (Å²) in [6.45, 7) is 7.60. The Kier molecular flexibility index (Phi) is 6.72. The summed E-state index contributed by atoms with van der Waals surface area (Å²) in [5.41, 5.74) is 1.31. The van der Waals surface area contributed by atoms with E-state index in [2.05, 4.69) is 30.0 Å². The average Bonchev–Trinajstić information content (AvgIpc) is 2.90. The van der Waals surface area contributed by atoms with Crippen molar-refractivity contribution in [2.75, 3.05) is 19.8 Å². The third-order valence-corrected chi connectivity index (χ3v) is 4.11. The normalized spacial score (nSPS) is 18.4. The molecule has 22 heavy (non-hydrogen) atoms. The van der Waals surface area contributed by atoms with Crippen LogP contribution in [0.15, 0.2) is 24.3 Å². The van der Waals surface area contributed by atoms with Gasteiger partial charge in [-0.15, -0.1) is 0 Å². The van der Waals surface area contributed by atoms with E-state index in [9.17, 15) is 0 Å². The molecule has 0 radical (unpaired) electrons. The van der Waals surface area contributed by atoms with Gasteiger partial charge in [0, 0.05) is 19.0 Å². The molecule has 122 valence electrons. The van der Waals surface area contributed by atoms with Gasteiger partial charge in [-0.2, -0.15) is 0 Å². The molecule has 0 aromatic heterocycles. The summed E-state index contributed by atoms with van der Waals surface area (Å²) in [4.78, 5) is 2.53. The van der Waals surface area contributed by atoms with Crippen LogP contribution in [0.5, 0.6) is 5.75 Å². The fraction of sp³-hybridized carbons (Fsp3) is 0.611. The highest BCUT2D eigenvalue weighted by atomic mass is 16.5. The monoisotopic (exact) mass is 304 g/mol. The van der Waals surface area contributed by atoms with Gasteiger partial charge < -0.3 is 9.47 Å². The summed E-state index contributed by atoms with van der Waals surface area (Å²) in [5.74, 6) is 1.27. The molecule has 1 N–H and O–H groups in total. The second-order valence-electron chi connectivity index (χ2n) is 5.92. The van der Waals surface area contributed by atoms with Crippen molar-refractivity contribution in [1.29, 1.82) is 5.41 Å². The Bertz CT molecular complexity index is 476. The number of nitrogens with zero attached hydrogens (tertiary/aromatic N) is 1. The molecule has 1 heterocycles. The van der Waals surface area contributed by atoms with Crippen molar-refractivity contribution < 1.29 is 9.47 Å². The van der Waals surface area contributed by atoms with E-state index >= 15 is 0 Å². The second kappa shape index (κ2) is 8.79. The summed E-state index contributed by atoms with van der Waals surface area (Å²) >= 11 is 0. The van der Waals surface area contributed by atoms with Crippen LogP contribution in [-0.4, -0.2) is 36.6 Å². The molecule has 0 spiro atoms. The topological polar surface area (TPSA) is 45.6 Å². The lowest BCUT2D eigenvalue weighted by molar-refractivity contribution is 0.259. The van der Waals surface area contributed by atoms with Gasteiger partial charge in [0.05, 0.1) is 13.2 Å². The highest BCUT2D eigenvalue weighted by molar-refractivity contribution is 5.72. The predicted molar refractivity (Wildman–Crippen MR) is 89.6 cm³/mol. The van der Waals surface area contributed by atoms with Crippen LogP contribution in [0.25, 0.3) is 0 Å². The van der Waals surface area contributed by atoms with Crippen LogP contribution in [0, 0.1) is 5.41 Å². The Morgan fingerprint density at radius 1 is 1.41 bits per heavy atom. The van der Waals surface area contributed by atoms with Gasteiger partial charge in [0.15, 0.2) is 5.90 Å². The molecule has 1 aromatic rings. The lowest BCUT2D eigenvalue weighted by Crippen LogP contribution is -2.26. The van der Waals surface area contributed by atoms with Crippen LogP contribution in [0.4, 0.5) is 0 Å². The molecule has 1 aromatic carbocycles. The summed E-state index contributed by atoms with van der Waals surface area (Å²) in [6, 6.07) is 9.06. The first-order valence-electron chi connectivity index (χ1n) is 8.35. The standard InChI is InChI=1S/C18H28N2O2/c1-3-21-18(19)10-6-12-22-17-9-4-8-16(13-17)14-20-11-5-7-15(20)2/h4,8-9,13,15,19H,3,5-7,10-12,14H2,1-2H3. The number of benzene rings is 1. The minimum atomic E-state index is 0.350. The molecule has 1 saturated heterocycles. The largest absolute Gasteiger partial charge is 0.494 e. The molecule has 1 atom stereocenters. The van der Waals surface area contributed by atoms with Crippen molar-refractivity contribution in [2.24, 2.45) is 0 Å². The van der Waals surface area contributed by atoms with Crippen molar-refractivity contribution >= 4 is 5.90 Å². The van der Waals surface area contributed by atoms with Gasteiger partial charge in [0.25, 0.3) is 0 Å². The highest BCUT2D eigenvalue weighted by Gasteiger charge is 2.19. The Labute approximate surface area is 133 Å². The lowest BCUT2D eigenvalue weighted by atomic mass is 10.2. The van der Waals surface area contributed by atoms with Crippen molar-refractivity contribution in [1.82, 2.24) is 4.90 Å². The minimum Gasteiger partial charge on any atom is -0.494 e. The van der Waals surface area contributed by atoms with Gasteiger partial charge in [-0.3, -0.25) is 10.3 Å². The van der Waals surface area contributed by atoms with E-state index in [0.717, 1.165) is 18.7 Å². The van der Waals surface area contributed by atoms with Crippen LogP contribution in [0.3, 0.4) is 0 Å². The molecule has 0 aliphatic carbocycles. The molecule has 2 rings (SSSR count). The third-order valence-electron chi connectivity index (χ3n) is 4.11. The zero-order valence-corrected chi connectivity index (χ0v) is 13.8. The minimum absolute atomic E-state index is 0.350. The first-order chi connectivity index (χ1) is 10.7. The van der Waals surface area contributed by atoms with Gasteiger partial charge in [-0.25, -0.2) is 0 Å². The number of hydrogen-bond donors (Lipinski definition) is 1. The van der Waals surface area contributed by atoms with E-state index in [-0.39, 0.29) is 0 Å². The molecule has 0 amide bonds. The molecule has 4 heteroatoms. The highest BCUT2D eigenvalue weighted by Crippen LogP contribution is 2.21. The van der Waals surface area contributed by atoms with Crippen LogP contribution >= 0.6 is 0 Å². The van der Waals surface area contributed by atoms with Crippen LogP contribution in [0.1, 0.15) is 45.1 Å². The summed E-state index contributed by atoms with van der Waals surface area (Å²) in [6.07, 6.45) is 4.07. The first-order valence-corrected chi connectivity index (χ1v) is 8.35. The fourth-order valence-corrected chi connectivity index (χ4v) is 2.86. The molecule has 1 aliphatic heterocycles. The third kappa shape index (κ3) is 5.34. The Morgan fingerprint density at radius 2 is 2.27 bits per heavy atom. The molecule has 4 nitrogen and oxygen atoms in total. The maximum atomic E-state index is 7.57. The van der Waals surface area contributed by atoms with Crippen molar-refractivity contribution in [3.05, 3.63) is 29.8 Å². The number of rotatable bonds is 8. The van der Waals surface area contributed by atoms with E-state index in [1.165, 1.54) is 24.9 Å². The zero-order valence-electron chi connectivity index (χ0n) is 13.8. The Balaban J connectivity index is 1.75. The van der Waals surface area contributed by atoms with E-state index in [1.54, 1.807) is 0 Å². The summed E-state index contributed by atoms with van der Waals surface area (Å²) in [7, 11) is 0. The van der Waals surface area contributed by atoms with E-state index in [0.29, 0.717) is 31.6 Å². The molecular weight excluding hydrogens is 276 g/mol. The maximum absolute atomic E-state index is 7.57. The number of hydrogen-bond acceptors (Lipinski definition) is 4. The first kappa shape index (κ1) is 16.8. The molecule has 0 bridgehead atoms. The van der Waals surface area contributed by atoms with Crippen LogP contribution in [0.2, 0.25) is 0 Å². The van der Waals surface area contributed by atoms with E-state index in [1.807, 2.05) is 13.0 Å². The van der Waals surface area contributed by atoms with Crippen LogP contribution in [-0.2, 0) is 11.3 Å². The molecular formula is C18H28N2O2. The number of nitrogens with one attached hydrogen (secondary N) is 1. The Hall–Kier alpha value is -1.55. The average molecular weight is 304 g/mol. The SMILES string of the molecule is CCOC(=N)CCCOc1cccc(CN2CCCC2C)c1. The molecule has 1 unspecified atom stereocenters. The quantitative estimate of drug-likeness (QED) is 0.451. The van der Waals surface area contributed by atoms with Crippen molar-refractivity contribution in [3.63, 3.8) is 0 Å². The zero-order chi connectivity index (χ0) is 15.8. The van der Waals surface area contributed by atoms with Crippen molar-refractivity contribution in [2.45, 2.75) is 52.1 Å². The van der Waals surface area contributed by atoms with Gasteiger partial charge in [-0.1, -0.05) is 12.1 Å². The van der Waals surface area contributed by atoms with Gasteiger partial charge in [0.1, 0.15) is 5.75 Å². The fourth-order valence-electron chi connectivity index (χ4n) is 2.86. The number of likely N-dealkylation sites (tertiary alicyclic amines) is 1. The smallest absolute Gasteiger partial charge is 0.180 e. The van der Waals surface area contributed by atoms with Gasteiger partial charge >= 0.3 is 0 Å². The molecule has 1 fully saturated rings. The summed E-state index contributed by atoms with van der Waals surface area (Å²) in [5, 5.41) is 7.57. The summed E-state index contributed by atoms with van der Waals surface area (Å²) < 4.78 is 10.9. The van der Waals surface area contributed by atoms with E-state index in [4.69, 9.17) is 14.9 Å². The van der Waals surface area contributed by atoms with E-state index < -0.39 is 0 Å².